The average molecular weight is 416 g/mol. The maximum atomic E-state index is 12.8. The Morgan fingerprint density at radius 2 is 2.03 bits per heavy atom. The zero-order valence-electron chi connectivity index (χ0n) is 17.2. The maximum Gasteiger partial charge on any atom is 0.241 e. The number of anilines is 1. The van der Waals surface area contributed by atoms with Gasteiger partial charge in [-0.25, -0.2) is 4.98 Å². The molecule has 0 aliphatic carbocycles. The minimum absolute atomic E-state index is 0.000783. The highest BCUT2D eigenvalue weighted by Gasteiger charge is 2.30. The Bertz CT molecular complexity index is 1050. The summed E-state index contributed by atoms with van der Waals surface area (Å²) in [6, 6.07) is 5.29. The Hall–Kier alpha value is -2.38. The van der Waals surface area contributed by atoms with Crippen molar-refractivity contribution in [1.82, 2.24) is 19.7 Å². The molecule has 7 nitrogen and oxygen atoms in total. The van der Waals surface area contributed by atoms with Crippen LogP contribution in [0.4, 0.5) is 5.69 Å². The third kappa shape index (κ3) is 3.89. The van der Waals surface area contributed by atoms with Gasteiger partial charge in [0.15, 0.2) is 11.5 Å². The van der Waals surface area contributed by atoms with E-state index >= 15 is 0 Å². The molecular formula is C21H26ClN5O2. The fraction of sp³-hybridized carbons (Fsp3) is 0.476. The average Bonchev–Trinajstić information content (AvgIpc) is 3.23. The molecular weight excluding hydrogens is 390 g/mol. The number of carbonyl (C=O) groups is 1. The lowest BCUT2D eigenvalue weighted by Crippen LogP contribution is -2.45. The van der Waals surface area contributed by atoms with Crippen LogP contribution in [0.1, 0.15) is 43.0 Å². The predicted octanol–water partition coefficient (Wildman–Crippen LogP) is 4.04. The molecule has 29 heavy (non-hydrogen) atoms. The second-order valence-corrected chi connectivity index (χ2v) is 8.25. The van der Waals surface area contributed by atoms with Crippen molar-refractivity contribution in [3.8, 4) is 0 Å². The van der Waals surface area contributed by atoms with Crippen LogP contribution in [0.2, 0.25) is 5.02 Å². The summed E-state index contributed by atoms with van der Waals surface area (Å²) in [7, 11) is 1.88. The minimum atomic E-state index is -0.211. The molecule has 0 unspecified atom stereocenters. The highest BCUT2D eigenvalue weighted by atomic mass is 35.5. The standard InChI is InChI=1S/C21H26ClN5O2/c1-12-19(13(2)26(4)25-12)24-20(28)14(3)27-9-7-15(8-10-27)21-23-17-11-16(22)5-6-18(17)29-21/h5-6,11,14-15H,7-10H2,1-4H3,(H,24,28)/t14-/m0/s1. The predicted molar refractivity (Wildman–Crippen MR) is 113 cm³/mol. The van der Waals surface area contributed by atoms with Gasteiger partial charge in [-0.2, -0.15) is 5.10 Å². The van der Waals surface area contributed by atoms with Crippen molar-refractivity contribution in [2.45, 2.75) is 45.6 Å². The Morgan fingerprint density at radius 1 is 1.31 bits per heavy atom. The minimum Gasteiger partial charge on any atom is -0.440 e. The van der Waals surface area contributed by atoms with Crippen molar-refractivity contribution in [3.63, 3.8) is 0 Å². The lowest BCUT2D eigenvalue weighted by Gasteiger charge is -2.34. The van der Waals surface area contributed by atoms with Crippen LogP contribution in [0.5, 0.6) is 0 Å². The number of nitrogens with zero attached hydrogens (tertiary/aromatic N) is 4. The van der Waals surface area contributed by atoms with Crippen LogP contribution < -0.4 is 5.32 Å². The molecule has 1 N–H and O–H groups in total. The smallest absolute Gasteiger partial charge is 0.241 e. The van der Waals surface area contributed by atoms with Crippen LogP contribution in [-0.4, -0.2) is 44.7 Å². The number of oxazole rings is 1. The SMILES string of the molecule is Cc1nn(C)c(C)c1NC(=O)[C@H](C)N1CCC(c2nc3cc(Cl)ccc3o2)CC1. The summed E-state index contributed by atoms with van der Waals surface area (Å²) in [4.78, 5) is 19.6. The van der Waals surface area contributed by atoms with Crippen LogP contribution in [0.15, 0.2) is 22.6 Å². The number of aromatic nitrogens is 3. The van der Waals surface area contributed by atoms with Crippen LogP contribution in [-0.2, 0) is 11.8 Å². The van der Waals surface area contributed by atoms with E-state index in [0.717, 1.165) is 60.0 Å². The Balaban J connectivity index is 1.38. The van der Waals surface area contributed by atoms with E-state index in [2.05, 4.69) is 20.3 Å². The van der Waals surface area contributed by atoms with E-state index < -0.39 is 0 Å². The van der Waals surface area contributed by atoms with Gasteiger partial charge in [-0.1, -0.05) is 11.6 Å². The summed E-state index contributed by atoms with van der Waals surface area (Å²) in [6.45, 7) is 7.47. The van der Waals surface area contributed by atoms with Gasteiger partial charge < -0.3 is 9.73 Å². The Morgan fingerprint density at radius 3 is 2.69 bits per heavy atom. The Kier molecular flexibility index (Phi) is 5.36. The molecule has 0 bridgehead atoms. The van der Waals surface area contributed by atoms with Crippen molar-refractivity contribution in [3.05, 3.63) is 40.5 Å². The summed E-state index contributed by atoms with van der Waals surface area (Å²) < 4.78 is 7.72. The quantitative estimate of drug-likeness (QED) is 0.695. The highest BCUT2D eigenvalue weighted by Crippen LogP contribution is 2.31. The van der Waals surface area contributed by atoms with Crippen LogP contribution in [0, 0.1) is 13.8 Å². The zero-order chi connectivity index (χ0) is 20.7. The van der Waals surface area contributed by atoms with Gasteiger partial charge in [-0.3, -0.25) is 14.4 Å². The van der Waals surface area contributed by atoms with Gasteiger partial charge in [0.1, 0.15) is 5.52 Å². The summed E-state index contributed by atoms with van der Waals surface area (Å²) in [5, 5.41) is 8.08. The van der Waals surface area contributed by atoms with E-state index in [1.165, 1.54) is 0 Å². The Labute approximate surface area is 175 Å². The number of aryl methyl sites for hydroxylation is 2. The number of fused-ring (bicyclic) bond motifs is 1. The second-order valence-electron chi connectivity index (χ2n) is 7.81. The first-order chi connectivity index (χ1) is 13.8. The van der Waals surface area contributed by atoms with Crippen molar-refractivity contribution in [1.29, 1.82) is 0 Å². The molecule has 1 saturated heterocycles. The van der Waals surface area contributed by atoms with E-state index in [-0.39, 0.29) is 17.9 Å². The van der Waals surface area contributed by atoms with Crippen LogP contribution >= 0.6 is 11.6 Å². The third-order valence-corrected chi connectivity index (χ3v) is 6.16. The van der Waals surface area contributed by atoms with E-state index in [1.54, 1.807) is 4.68 Å². The largest absolute Gasteiger partial charge is 0.440 e. The number of carbonyl (C=O) groups excluding carboxylic acids is 1. The molecule has 0 spiro atoms. The summed E-state index contributed by atoms with van der Waals surface area (Å²) in [5.41, 5.74) is 4.16. The number of benzene rings is 1. The molecule has 3 heterocycles. The van der Waals surface area contributed by atoms with Gasteiger partial charge in [-0.15, -0.1) is 0 Å². The number of hydrogen-bond acceptors (Lipinski definition) is 5. The van der Waals surface area contributed by atoms with Gasteiger partial charge in [0.2, 0.25) is 5.91 Å². The second kappa shape index (κ2) is 7.80. The van der Waals surface area contributed by atoms with Gasteiger partial charge in [-0.05, 0) is 64.9 Å². The topological polar surface area (TPSA) is 76.2 Å². The number of piperidine rings is 1. The molecule has 1 atom stereocenters. The highest BCUT2D eigenvalue weighted by molar-refractivity contribution is 6.31. The maximum absolute atomic E-state index is 12.8. The number of likely N-dealkylation sites (tertiary alicyclic amines) is 1. The van der Waals surface area contributed by atoms with Gasteiger partial charge in [0.05, 0.1) is 23.1 Å². The van der Waals surface area contributed by atoms with E-state index in [1.807, 2.05) is 46.0 Å². The van der Waals surface area contributed by atoms with Crippen LogP contribution in [0.3, 0.4) is 0 Å². The molecule has 0 saturated carbocycles. The monoisotopic (exact) mass is 415 g/mol. The summed E-state index contributed by atoms with van der Waals surface area (Å²) >= 11 is 6.04. The first-order valence-electron chi connectivity index (χ1n) is 9.94. The summed E-state index contributed by atoms with van der Waals surface area (Å²) in [6.07, 6.45) is 1.81. The molecule has 3 aromatic rings. The van der Waals surface area contributed by atoms with Gasteiger partial charge in [0.25, 0.3) is 0 Å². The molecule has 0 radical (unpaired) electrons. The summed E-state index contributed by atoms with van der Waals surface area (Å²) in [5.74, 6) is 1.02. The number of amides is 1. The fourth-order valence-electron chi connectivity index (χ4n) is 3.97. The van der Waals surface area contributed by atoms with Gasteiger partial charge >= 0.3 is 0 Å². The zero-order valence-corrected chi connectivity index (χ0v) is 18.0. The van der Waals surface area contributed by atoms with Crippen molar-refractivity contribution < 1.29 is 9.21 Å². The molecule has 1 aliphatic rings. The number of nitrogens with one attached hydrogen (secondary N) is 1. The number of halogens is 1. The van der Waals surface area contributed by atoms with Crippen molar-refractivity contribution in [2.75, 3.05) is 18.4 Å². The normalized spacial score (nSPS) is 17.0. The molecule has 2 aromatic heterocycles. The first-order valence-corrected chi connectivity index (χ1v) is 10.3. The van der Waals surface area contributed by atoms with E-state index in [0.29, 0.717) is 5.02 Å². The number of hydrogen-bond donors (Lipinski definition) is 1. The van der Waals surface area contributed by atoms with E-state index in [4.69, 9.17) is 16.0 Å². The van der Waals surface area contributed by atoms with Crippen LogP contribution in [0.25, 0.3) is 11.1 Å². The lowest BCUT2D eigenvalue weighted by molar-refractivity contribution is -0.121. The first kappa shape index (κ1) is 19.9. The van der Waals surface area contributed by atoms with Crippen molar-refractivity contribution >= 4 is 34.3 Å². The fourth-order valence-corrected chi connectivity index (χ4v) is 4.14. The molecule has 8 heteroatoms. The van der Waals surface area contributed by atoms with E-state index in [9.17, 15) is 4.79 Å². The number of rotatable bonds is 4. The molecule has 1 aliphatic heterocycles. The third-order valence-electron chi connectivity index (χ3n) is 5.93. The molecule has 4 rings (SSSR count). The molecule has 154 valence electrons. The van der Waals surface area contributed by atoms with Gasteiger partial charge in [0, 0.05) is 18.0 Å². The lowest BCUT2D eigenvalue weighted by atomic mass is 9.95. The molecule has 1 fully saturated rings. The van der Waals surface area contributed by atoms with Crippen molar-refractivity contribution in [2.24, 2.45) is 7.05 Å². The molecule has 1 amide bonds. The molecule has 1 aromatic carbocycles.